The summed E-state index contributed by atoms with van der Waals surface area (Å²) in [5, 5.41) is 0.517. The largest absolute Gasteiger partial charge is 0.437 e. The van der Waals surface area contributed by atoms with E-state index >= 15 is 0 Å². The Balaban J connectivity index is 2.61. The van der Waals surface area contributed by atoms with Gasteiger partial charge in [-0.15, -0.1) is 0 Å². The zero-order valence-electron chi connectivity index (χ0n) is 9.03. The predicted molar refractivity (Wildman–Crippen MR) is 58.5 cm³/mol. The molecule has 1 amide bonds. The molecule has 1 unspecified atom stereocenters. The van der Waals surface area contributed by atoms with E-state index in [1.165, 1.54) is 11.8 Å². The standard InChI is InChI=1S/C9H15N3O2S/c1-5-6(2)14-8(12-5)15-4-9(3,11)7(10)13/h4,11H2,1-3H3,(H2,10,13). The first kappa shape index (κ1) is 12.1. The molecule has 0 aliphatic carbocycles. The lowest BCUT2D eigenvalue weighted by molar-refractivity contribution is -0.121. The second-order valence-corrected chi connectivity index (χ2v) is 4.62. The predicted octanol–water partition coefficient (Wildman–Crippen LogP) is 0.586. The highest BCUT2D eigenvalue weighted by Crippen LogP contribution is 2.22. The number of aryl methyl sites for hydroxylation is 2. The maximum absolute atomic E-state index is 10.9. The molecule has 0 radical (unpaired) electrons. The van der Waals surface area contributed by atoms with Crippen LogP contribution in [-0.4, -0.2) is 22.2 Å². The minimum absolute atomic E-state index is 0.349. The second kappa shape index (κ2) is 4.24. The molecule has 0 aliphatic rings. The fourth-order valence-electron chi connectivity index (χ4n) is 0.788. The number of rotatable bonds is 4. The van der Waals surface area contributed by atoms with Gasteiger partial charge in [0.15, 0.2) is 0 Å². The summed E-state index contributed by atoms with van der Waals surface area (Å²) < 4.78 is 5.33. The number of nitrogens with zero attached hydrogens (tertiary/aromatic N) is 1. The Morgan fingerprint density at radius 2 is 2.20 bits per heavy atom. The van der Waals surface area contributed by atoms with E-state index < -0.39 is 11.4 Å². The van der Waals surface area contributed by atoms with Crippen LogP contribution >= 0.6 is 11.8 Å². The summed E-state index contributed by atoms with van der Waals surface area (Å²) in [6, 6.07) is 0. The fourth-order valence-corrected chi connectivity index (χ4v) is 1.74. The van der Waals surface area contributed by atoms with Crippen molar-refractivity contribution in [2.45, 2.75) is 31.5 Å². The number of carbonyl (C=O) groups excluding carboxylic acids is 1. The molecule has 1 rings (SSSR count). The first-order valence-corrected chi connectivity index (χ1v) is 5.47. The summed E-state index contributed by atoms with van der Waals surface area (Å²) in [7, 11) is 0. The van der Waals surface area contributed by atoms with Crippen molar-refractivity contribution < 1.29 is 9.21 Å². The third-order valence-electron chi connectivity index (χ3n) is 2.07. The van der Waals surface area contributed by atoms with Gasteiger partial charge in [0.1, 0.15) is 11.3 Å². The molecule has 1 heterocycles. The number of amides is 1. The van der Waals surface area contributed by atoms with Gasteiger partial charge in [-0.25, -0.2) is 4.98 Å². The zero-order chi connectivity index (χ0) is 11.6. The van der Waals surface area contributed by atoms with Crippen molar-refractivity contribution in [2.75, 3.05) is 5.75 Å². The third kappa shape index (κ3) is 2.97. The Kier molecular flexibility index (Phi) is 3.41. The maximum atomic E-state index is 10.9. The average Bonchev–Trinajstić information content (AvgIpc) is 2.43. The molecule has 0 fully saturated rings. The normalized spacial score (nSPS) is 14.9. The monoisotopic (exact) mass is 229 g/mol. The Hall–Kier alpha value is -1.01. The van der Waals surface area contributed by atoms with Crippen molar-refractivity contribution in [2.24, 2.45) is 11.5 Å². The molecule has 6 heteroatoms. The van der Waals surface area contributed by atoms with Crippen molar-refractivity contribution in [1.29, 1.82) is 0 Å². The molecule has 15 heavy (non-hydrogen) atoms. The summed E-state index contributed by atoms with van der Waals surface area (Å²) in [6.07, 6.45) is 0. The highest BCUT2D eigenvalue weighted by molar-refractivity contribution is 7.99. The van der Waals surface area contributed by atoms with Crippen LogP contribution in [0.4, 0.5) is 0 Å². The van der Waals surface area contributed by atoms with Crippen molar-refractivity contribution in [3.8, 4) is 0 Å². The molecule has 0 aliphatic heterocycles. The van der Waals surface area contributed by atoms with Gasteiger partial charge in [0.25, 0.3) is 5.22 Å². The summed E-state index contributed by atoms with van der Waals surface area (Å²) >= 11 is 1.29. The van der Waals surface area contributed by atoms with Gasteiger partial charge in [0.2, 0.25) is 5.91 Å². The van der Waals surface area contributed by atoms with E-state index in [4.69, 9.17) is 15.9 Å². The van der Waals surface area contributed by atoms with E-state index in [2.05, 4.69) is 4.98 Å². The molecule has 84 valence electrons. The van der Waals surface area contributed by atoms with Gasteiger partial charge in [-0.3, -0.25) is 4.79 Å². The molecule has 0 saturated heterocycles. The third-order valence-corrected chi connectivity index (χ3v) is 3.23. The molecule has 4 N–H and O–H groups in total. The lowest BCUT2D eigenvalue weighted by Gasteiger charge is -2.18. The lowest BCUT2D eigenvalue weighted by Crippen LogP contribution is -2.51. The first-order chi connectivity index (χ1) is 6.83. The van der Waals surface area contributed by atoms with Crippen molar-refractivity contribution in [3.63, 3.8) is 0 Å². The van der Waals surface area contributed by atoms with Crippen LogP contribution in [-0.2, 0) is 4.79 Å². The van der Waals surface area contributed by atoms with E-state index in [9.17, 15) is 4.79 Å². The minimum atomic E-state index is -1.04. The maximum Gasteiger partial charge on any atom is 0.256 e. The SMILES string of the molecule is Cc1nc(SCC(C)(N)C(N)=O)oc1C. The van der Waals surface area contributed by atoms with Crippen LogP contribution in [0.15, 0.2) is 9.64 Å². The van der Waals surface area contributed by atoms with Crippen molar-refractivity contribution in [3.05, 3.63) is 11.5 Å². The van der Waals surface area contributed by atoms with Crippen molar-refractivity contribution >= 4 is 17.7 Å². The number of nitrogens with two attached hydrogens (primary N) is 2. The average molecular weight is 229 g/mol. The minimum Gasteiger partial charge on any atom is -0.437 e. The molecular weight excluding hydrogens is 214 g/mol. The van der Waals surface area contributed by atoms with Gasteiger partial charge < -0.3 is 15.9 Å². The van der Waals surface area contributed by atoms with E-state index in [-0.39, 0.29) is 0 Å². The van der Waals surface area contributed by atoms with Gasteiger partial charge in [0, 0.05) is 5.75 Å². The molecular formula is C9H15N3O2S. The summed E-state index contributed by atoms with van der Waals surface area (Å²) in [5.74, 6) is 0.590. The summed E-state index contributed by atoms with van der Waals surface area (Å²) in [4.78, 5) is 15.1. The quantitative estimate of drug-likeness (QED) is 0.737. The lowest BCUT2D eigenvalue weighted by atomic mass is 10.1. The molecule has 5 nitrogen and oxygen atoms in total. The topological polar surface area (TPSA) is 95.1 Å². The van der Waals surface area contributed by atoms with E-state index in [1.807, 2.05) is 13.8 Å². The first-order valence-electron chi connectivity index (χ1n) is 4.48. The Bertz CT molecular complexity index is 354. The molecule has 0 aromatic carbocycles. The van der Waals surface area contributed by atoms with Crippen LogP contribution in [0.5, 0.6) is 0 Å². The van der Waals surface area contributed by atoms with Gasteiger partial charge in [0.05, 0.1) is 5.69 Å². The van der Waals surface area contributed by atoms with Crippen LogP contribution in [0, 0.1) is 13.8 Å². The molecule has 0 spiro atoms. The van der Waals surface area contributed by atoms with E-state index in [0.29, 0.717) is 11.0 Å². The number of hydrogen-bond donors (Lipinski definition) is 2. The Morgan fingerprint density at radius 3 is 2.60 bits per heavy atom. The van der Waals surface area contributed by atoms with Gasteiger partial charge in [-0.05, 0) is 20.8 Å². The number of aromatic nitrogens is 1. The highest BCUT2D eigenvalue weighted by Gasteiger charge is 2.26. The Morgan fingerprint density at radius 1 is 1.60 bits per heavy atom. The van der Waals surface area contributed by atoms with Crippen molar-refractivity contribution in [1.82, 2.24) is 4.98 Å². The molecule has 0 saturated carbocycles. The molecule has 1 atom stereocenters. The smallest absolute Gasteiger partial charge is 0.256 e. The Labute approximate surface area is 92.6 Å². The van der Waals surface area contributed by atoms with Gasteiger partial charge in [-0.2, -0.15) is 0 Å². The van der Waals surface area contributed by atoms with Gasteiger partial charge in [-0.1, -0.05) is 11.8 Å². The van der Waals surface area contributed by atoms with Crippen LogP contribution in [0.2, 0.25) is 0 Å². The number of oxazole rings is 1. The molecule has 1 aromatic rings. The summed E-state index contributed by atoms with van der Waals surface area (Å²) in [5.41, 5.74) is 10.6. The van der Waals surface area contributed by atoms with Crippen LogP contribution in [0.1, 0.15) is 18.4 Å². The van der Waals surface area contributed by atoms with E-state index in [0.717, 1.165) is 11.5 Å². The zero-order valence-corrected chi connectivity index (χ0v) is 9.85. The van der Waals surface area contributed by atoms with Crippen LogP contribution in [0.25, 0.3) is 0 Å². The number of carbonyl (C=O) groups is 1. The molecule has 1 aromatic heterocycles. The van der Waals surface area contributed by atoms with Gasteiger partial charge >= 0.3 is 0 Å². The highest BCUT2D eigenvalue weighted by atomic mass is 32.2. The van der Waals surface area contributed by atoms with E-state index in [1.54, 1.807) is 6.92 Å². The second-order valence-electron chi connectivity index (χ2n) is 3.69. The number of primary amides is 1. The number of hydrogen-bond acceptors (Lipinski definition) is 5. The van der Waals surface area contributed by atoms with Crippen LogP contribution < -0.4 is 11.5 Å². The number of thioether (sulfide) groups is 1. The fraction of sp³-hybridized carbons (Fsp3) is 0.556. The summed E-state index contributed by atoms with van der Waals surface area (Å²) in [6.45, 7) is 5.28. The molecule has 0 bridgehead atoms. The van der Waals surface area contributed by atoms with Crippen LogP contribution in [0.3, 0.4) is 0 Å².